The van der Waals surface area contributed by atoms with Crippen LogP contribution in [0.1, 0.15) is 11.3 Å². The summed E-state index contributed by atoms with van der Waals surface area (Å²) < 4.78 is 3.63. The number of nitrogens with zero attached hydrogens (tertiary/aromatic N) is 2. The monoisotopic (exact) mass is 371 g/mol. The van der Waals surface area contributed by atoms with E-state index in [2.05, 4.69) is 26.0 Å². The summed E-state index contributed by atoms with van der Waals surface area (Å²) in [6.45, 7) is 2.00. The minimum Gasteiger partial charge on any atom is -0.297 e. The lowest BCUT2D eigenvalue weighted by molar-refractivity contribution is 0.853. The molecule has 3 rings (SSSR count). The molecule has 2 aromatic carbocycles. The van der Waals surface area contributed by atoms with Crippen molar-refractivity contribution in [2.24, 2.45) is 4.99 Å². The number of aliphatic imine (C=N–C) groups is 1. The molecule has 0 spiro atoms. The molecule has 5 heteroatoms. The lowest BCUT2D eigenvalue weighted by Crippen LogP contribution is -1.95. The lowest BCUT2D eigenvalue weighted by atomic mass is 10.3. The lowest BCUT2D eigenvalue weighted by Gasteiger charge is -2.01. The van der Waals surface area contributed by atoms with Gasteiger partial charge in [-0.1, -0.05) is 52.4 Å². The molecule has 0 unspecified atom stereocenters. The highest BCUT2D eigenvalue weighted by atomic mass is 79.9. The Bertz CT molecular complexity index is 878. The quantitative estimate of drug-likeness (QED) is 0.488. The highest BCUT2D eigenvalue weighted by Gasteiger charge is 2.07. The number of hydrogen-bond donors (Lipinski definition) is 1. The second-order valence-corrected chi connectivity index (χ2v) is 6.17. The van der Waals surface area contributed by atoms with E-state index in [4.69, 9.17) is 12.2 Å². The highest BCUT2D eigenvalue weighted by molar-refractivity contribution is 9.10. The van der Waals surface area contributed by atoms with E-state index in [1.807, 2.05) is 72.4 Å². The summed E-state index contributed by atoms with van der Waals surface area (Å²) >= 11 is 9.01. The van der Waals surface area contributed by atoms with Gasteiger partial charge in [-0.15, -0.1) is 0 Å². The first kappa shape index (κ1) is 14.9. The second-order valence-electron chi connectivity index (χ2n) is 4.86. The van der Waals surface area contributed by atoms with E-state index in [0.29, 0.717) is 0 Å². The van der Waals surface area contributed by atoms with Crippen molar-refractivity contribution in [1.82, 2.24) is 9.78 Å². The average Bonchev–Trinajstić information content (AvgIpc) is 2.81. The number of aromatic nitrogens is 2. The van der Waals surface area contributed by atoms with Crippen molar-refractivity contribution >= 4 is 40.0 Å². The van der Waals surface area contributed by atoms with Gasteiger partial charge in [-0.25, -0.2) is 4.68 Å². The van der Waals surface area contributed by atoms with Crippen molar-refractivity contribution in [2.75, 3.05) is 0 Å². The summed E-state index contributed by atoms with van der Waals surface area (Å²) in [6.07, 6.45) is 1.81. The summed E-state index contributed by atoms with van der Waals surface area (Å²) in [5.41, 5.74) is 3.82. The molecular formula is C17H14BrN3S. The van der Waals surface area contributed by atoms with Crippen molar-refractivity contribution in [1.29, 1.82) is 0 Å². The number of benzene rings is 2. The van der Waals surface area contributed by atoms with Gasteiger partial charge in [0.05, 0.1) is 16.9 Å². The Hall–Kier alpha value is -1.98. The van der Waals surface area contributed by atoms with Crippen LogP contribution in [0.2, 0.25) is 0 Å². The standard InChI is InChI=1S/C17H14BrN3S/c1-12-16(11-19-14-7-5-6-13(18)10-14)17(22)21(20-12)15-8-3-2-4-9-15/h2-11,20H,1H3. The third kappa shape index (κ3) is 3.10. The van der Waals surface area contributed by atoms with Crippen LogP contribution in [0.15, 0.2) is 64.1 Å². The van der Waals surface area contributed by atoms with Crippen molar-refractivity contribution < 1.29 is 0 Å². The van der Waals surface area contributed by atoms with Crippen LogP contribution in [0.3, 0.4) is 0 Å². The van der Waals surface area contributed by atoms with E-state index < -0.39 is 0 Å². The van der Waals surface area contributed by atoms with Crippen molar-refractivity contribution in [3.8, 4) is 5.69 Å². The number of nitrogens with one attached hydrogen (secondary N) is 1. The van der Waals surface area contributed by atoms with Crippen LogP contribution in [0.4, 0.5) is 5.69 Å². The van der Waals surface area contributed by atoms with Gasteiger partial charge in [0.2, 0.25) is 0 Å². The molecule has 0 atom stereocenters. The molecule has 0 radical (unpaired) electrons. The van der Waals surface area contributed by atoms with Crippen LogP contribution >= 0.6 is 28.1 Å². The maximum atomic E-state index is 5.57. The molecule has 110 valence electrons. The van der Waals surface area contributed by atoms with Gasteiger partial charge in [-0.3, -0.25) is 10.1 Å². The van der Waals surface area contributed by atoms with Gasteiger partial charge < -0.3 is 0 Å². The molecule has 3 nitrogen and oxygen atoms in total. The Morgan fingerprint density at radius 2 is 1.91 bits per heavy atom. The molecule has 0 aliphatic carbocycles. The SMILES string of the molecule is Cc1[nH]n(-c2ccccc2)c(=S)c1C=Nc1cccc(Br)c1. The van der Waals surface area contributed by atoms with E-state index in [9.17, 15) is 0 Å². The fraction of sp³-hybridized carbons (Fsp3) is 0.0588. The molecule has 0 bridgehead atoms. The van der Waals surface area contributed by atoms with E-state index >= 15 is 0 Å². The van der Waals surface area contributed by atoms with E-state index in [-0.39, 0.29) is 0 Å². The Morgan fingerprint density at radius 3 is 2.64 bits per heavy atom. The third-order valence-electron chi connectivity index (χ3n) is 3.28. The Balaban J connectivity index is 1.99. The van der Waals surface area contributed by atoms with E-state index in [0.717, 1.165) is 31.7 Å². The molecule has 1 heterocycles. The number of halogens is 1. The molecule has 0 aliphatic rings. The number of H-pyrrole nitrogens is 1. The number of para-hydroxylation sites is 1. The summed E-state index contributed by atoms with van der Waals surface area (Å²) in [6, 6.07) is 17.8. The Kier molecular flexibility index (Phi) is 4.36. The zero-order valence-electron chi connectivity index (χ0n) is 12.0. The van der Waals surface area contributed by atoms with E-state index in [1.54, 1.807) is 0 Å². The van der Waals surface area contributed by atoms with Crippen LogP contribution in [0.5, 0.6) is 0 Å². The second kappa shape index (κ2) is 6.42. The Morgan fingerprint density at radius 1 is 1.14 bits per heavy atom. The largest absolute Gasteiger partial charge is 0.297 e. The molecule has 0 saturated carbocycles. The van der Waals surface area contributed by atoms with Crippen LogP contribution in [-0.2, 0) is 0 Å². The first-order valence-electron chi connectivity index (χ1n) is 6.82. The van der Waals surface area contributed by atoms with Gasteiger partial charge in [-0.05, 0) is 37.3 Å². The molecule has 1 aromatic heterocycles. The normalized spacial score (nSPS) is 11.2. The summed E-state index contributed by atoms with van der Waals surface area (Å²) in [4.78, 5) is 4.51. The van der Waals surface area contributed by atoms with E-state index in [1.165, 1.54) is 0 Å². The fourth-order valence-corrected chi connectivity index (χ4v) is 2.91. The fourth-order valence-electron chi connectivity index (χ4n) is 2.17. The molecule has 0 amide bonds. The first-order chi connectivity index (χ1) is 10.6. The van der Waals surface area contributed by atoms with Crippen LogP contribution in [0.25, 0.3) is 5.69 Å². The molecule has 0 aliphatic heterocycles. The highest BCUT2D eigenvalue weighted by Crippen LogP contribution is 2.19. The number of aryl methyl sites for hydroxylation is 1. The summed E-state index contributed by atoms with van der Waals surface area (Å²) in [5.74, 6) is 0. The third-order valence-corrected chi connectivity index (χ3v) is 4.18. The molecular weight excluding hydrogens is 358 g/mol. The summed E-state index contributed by atoms with van der Waals surface area (Å²) in [7, 11) is 0. The predicted molar refractivity (Wildman–Crippen MR) is 97.1 cm³/mol. The van der Waals surface area contributed by atoms with Crippen molar-refractivity contribution in [3.63, 3.8) is 0 Å². The van der Waals surface area contributed by atoms with Crippen molar-refractivity contribution in [2.45, 2.75) is 6.92 Å². The molecule has 3 aromatic rings. The molecule has 22 heavy (non-hydrogen) atoms. The Labute approximate surface area is 142 Å². The number of rotatable bonds is 3. The maximum absolute atomic E-state index is 5.57. The van der Waals surface area contributed by atoms with Gasteiger partial charge in [0, 0.05) is 16.4 Å². The molecule has 1 N–H and O–H groups in total. The molecule has 0 saturated heterocycles. The predicted octanol–water partition coefficient (Wildman–Crippen LogP) is 5.36. The zero-order chi connectivity index (χ0) is 15.5. The van der Waals surface area contributed by atoms with Crippen LogP contribution in [-0.4, -0.2) is 16.0 Å². The van der Waals surface area contributed by atoms with Gasteiger partial charge in [0.25, 0.3) is 0 Å². The van der Waals surface area contributed by atoms with Gasteiger partial charge in [-0.2, -0.15) is 0 Å². The average molecular weight is 372 g/mol. The zero-order valence-corrected chi connectivity index (χ0v) is 14.4. The van der Waals surface area contributed by atoms with Gasteiger partial charge in [0.15, 0.2) is 0 Å². The topological polar surface area (TPSA) is 33.1 Å². The van der Waals surface area contributed by atoms with Gasteiger partial charge in [0.1, 0.15) is 4.64 Å². The smallest absolute Gasteiger partial charge is 0.136 e. The maximum Gasteiger partial charge on any atom is 0.136 e. The van der Waals surface area contributed by atoms with Gasteiger partial charge >= 0.3 is 0 Å². The molecule has 0 fully saturated rings. The van der Waals surface area contributed by atoms with Crippen LogP contribution < -0.4 is 0 Å². The van der Waals surface area contributed by atoms with Crippen LogP contribution in [0, 0.1) is 11.6 Å². The minimum absolute atomic E-state index is 0.724. The minimum atomic E-state index is 0.724. The first-order valence-corrected chi connectivity index (χ1v) is 8.02. The number of hydrogen-bond acceptors (Lipinski definition) is 2. The number of aromatic amines is 1. The summed E-state index contributed by atoms with van der Waals surface area (Å²) in [5, 5.41) is 3.29. The van der Waals surface area contributed by atoms with Crippen molar-refractivity contribution in [3.05, 3.63) is 75.0 Å².